The molecule has 0 saturated carbocycles. The molecule has 1 aromatic carbocycles. The molecular weight excluding hydrogens is 272 g/mol. The average molecular weight is 288 g/mol. The summed E-state index contributed by atoms with van der Waals surface area (Å²) in [4.78, 5) is 12.1. The third kappa shape index (κ3) is 2.62. The van der Waals surface area contributed by atoms with Crippen molar-refractivity contribution >= 4 is 5.91 Å². The summed E-state index contributed by atoms with van der Waals surface area (Å²) in [6.45, 7) is 1.43. The van der Waals surface area contributed by atoms with Crippen LogP contribution in [-0.4, -0.2) is 31.3 Å². The second-order valence-electron chi connectivity index (χ2n) is 4.73. The Balaban J connectivity index is 1.78. The van der Waals surface area contributed by atoms with Gasteiger partial charge in [-0.05, 0) is 18.6 Å². The first-order chi connectivity index (χ1) is 10.3. The molecule has 6 heteroatoms. The third-order valence-corrected chi connectivity index (χ3v) is 3.32. The highest BCUT2D eigenvalue weighted by atomic mass is 16.5. The highest BCUT2D eigenvalue weighted by molar-refractivity contribution is 5.95. The molecule has 0 spiro atoms. The Morgan fingerprint density at radius 2 is 2.29 bits per heavy atom. The molecule has 0 bridgehead atoms. The van der Waals surface area contributed by atoms with Gasteiger partial charge in [0, 0.05) is 20.3 Å². The van der Waals surface area contributed by atoms with Crippen LogP contribution in [0.5, 0.6) is 5.75 Å². The number of methoxy groups -OCH3 is 1. The van der Waals surface area contributed by atoms with Crippen LogP contribution >= 0.6 is 0 Å². The second kappa shape index (κ2) is 5.97. The lowest BCUT2D eigenvalue weighted by Crippen LogP contribution is -2.27. The highest BCUT2D eigenvalue weighted by Crippen LogP contribution is 2.38. The van der Waals surface area contributed by atoms with Crippen LogP contribution in [0, 0.1) is 0 Å². The Bertz CT molecular complexity index is 651. The largest absolute Gasteiger partial charge is 0.488 e. The van der Waals surface area contributed by atoms with E-state index in [-0.39, 0.29) is 18.2 Å². The molecule has 2 aromatic rings. The fourth-order valence-electron chi connectivity index (χ4n) is 2.27. The number of hydrogen-bond acceptors (Lipinski definition) is 5. The molecular formula is C15H16N2O4. The van der Waals surface area contributed by atoms with E-state index in [1.54, 1.807) is 7.11 Å². The molecule has 3 rings (SSSR count). The van der Waals surface area contributed by atoms with Crippen LogP contribution < -0.4 is 10.1 Å². The maximum Gasteiger partial charge on any atom is 0.273 e. The van der Waals surface area contributed by atoms with Gasteiger partial charge in [0.25, 0.3) is 5.91 Å². The van der Waals surface area contributed by atoms with Crippen molar-refractivity contribution in [2.24, 2.45) is 0 Å². The summed E-state index contributed by atoms with van der Waals surface area (Å²) in [5.74, 6) is 1.10. The topological polar surface area (TPSA) is 73.6 Å². The molecule has 1 amide bonds. The Kier molecular flexibility index (Phi) is 3.87. The molecule has 1 N–H and O–H groups in total. The van der Waals surface area contributed by atoms with Crippen LogP contribution in [0.1, 0.15) is 22.5 Å². The van der Waals surface area contributed by atoms with Crippen LogP contribution in [0.2, 0.25) is 0 Å². The van der Waals surface area contributed by atoms with Crippen molar-refractivity contribution in [3.8, 4) is 17.1 Å². The predicted octanol–water partition coefficient (Wildman–Crippen LogP) is 2.00. The minimum absolute atomic E-state index is 0.251. The minimum Gasteiger partial charge on any atom is -0.488 e. The zero-order valence-corrected chi connectivity index (χ0v) is 11.7. The number of nitrogens with one attached hydrogen (secondary N) is 1. The number of amides is 1. The van der Waals surface area contributed by atoms with E-state index < -0.39 is 0 Å². The van der Waals surface area contributed by atoms with Crippen molar-refractivity contribution in [2.45, 2.75) is 13.0 Å². The lowest BCUT2D eigenvalue weighted by atomic mass is 10.0. The summed E-state index contributed by atoms with van der Waals surface area (Å²) in [5.41, 5.74) is 1.81. The first-order valence-electron chi connectivity index (χ1n) is 6.79. The van der Waals surface area contributed by atoms with Gasteiger partial charge in [0.15, 0.2) is 11.5 Å². The number of benzene rings is 1. The first-order valence-corrected chi connectivity index (χ1v) is 6.79. The highest BCUT2D eigenvalue weighted by Gasteiger charge is 2.28. The van der Waals surface area contributed by atoms with E-state index in [4.69, 9.17) is 14.0 Å². The van der Waals surface area contributed by atoms with E-state index in [0.29, 0.717) is 24.5 Å². The summed E-state index contributed by atoms with van der Waals surface area (Å²) < 4.78 is 15.9. The smallest absolute Gasteiger partial charge is 0.273 e. The minimum atomic E-state index is -0.251. The number of aromatic nitrogens is 1. The quantitative estimate of drug-likeness (QED) is 0.852. The molecule has 0 atom stereocenters. The van der Waals surface area contributed by atoms with E-state index >= 15 is 0 Å². The van der Waals surface area contributed by atoms with Crippen LogP contribution in [0.15, 0.2) is 28.8 Å². The molecule has 1 aliphatic heterocycles. The van der Waals surface area contributed by atoms with E-state index in [0.717, 1.165) is 17.7 Å². The van der Waals surface area contributed by atoms with Crippen molar-refractivity contribution in [1.82, 2.24) is 10.5 Å². The molecule has 0 saturated heterocycles. The molecule has 6 nitrogen and oxygen atoms in total. The standard InChI is InChI=1S/C15H16N2O4/c1-19-8-4-7-16-15(18)13-11-9-20-12-6-3-2-5-10(12)14(11)21-17-13/h2-3,5-6H,4,7-9H2,1H3,(H,16,18). The van der Waals surface area contributed by atoms with Crippen LogP contribution in [-0.2, 0) is 11.3 Å². The molecule has 0 unspecified atom stereocenters. The lowest BCUT2D eigenvalue weighted by molar-refractivity contribution is 0.0937. The van der Waals surface area contributed by atoms with Gasteiger partial charge in [-0.25, -0.2) is 0 Å². The SMILES string of the molecule is COCCCNC(=O)c1noc2c1COc1ccccc1-2. The van der Waals surface area contributed by atoms with Gasteiger partial charge in [0.2, 0.25) is 0 Å². The summed E-state index contributed by atoms with van der Waals surface area (Å²) in [7, 11) is 1.63. The van der Waals surface area contributed by atoms with Crippen LogP contribution in [0.3, 0.4) is 0 Å². The number of rotatable bonds is 5. The molecule has 0 aliphatic carbocycles. The van der Waals surface area contributed by atoms with Crippen molar-refractivity contribution in [3.63, 3.8) is 0 Å². The number of hydrogen-bond donors (Lipinski definition) is 1. The predicted molar refractivity (Wildman–Crippen MR) is 75.1 cm³/mol. The van der Waals surface area contributed by atoms with Gasteiger partial charge in [-0.3, -0.25) is 4.79 Å². The van der Waals surface area contributed by atoms with Gasteiger partial charge in [0.05, 0.1) is 11.1 Å². The summed E-state index contributed by atoms with van der Waals surface area (Å²) >= 11 is 0. The average Bonchev–Trinajstić information content (AvgIpc) is 2.96. The van der Waals surface area contributed by atoms with Crippen molar-refractivity contribution < 1.29 is 18.8 Å². The summed E-state index contributed by atoms with van der Waals surface area (Å²) in [5, 5.41) is 6.69. The fraction of sp³-hybridized carbons (Fsp3) is 0.333. The maximum atomic E-state index is 12.1. The van der Waals surface area contributed by atoms with Crippen LogP contribution in [0.4, 0.5) is 0 Å². The Labute approximate surface area is 122 Å². The molecule has 0 radical (unpaired) electrons. The van der Waals surface area contributed by atoms with E-state index in [2.05, 4.69) is 10.5 Å². The molecule has 110 valence electrons. The fourth-order valence-corrected chi connectivity index (χ4v) is 2.27. The maximum absolute atomic E-state index is 12.1. The monoisotopic (exact) mass is 288 g/mol. The van der Waals surface area contributed by atoms with E-state index in [9.17, 15) is 4.79 Å². The number of para-hydroxylation sites is 1. The molecule has 21 heavy (non-hydrogen) atoms. The van der Waals surface area contributed by atoms with Gasteiger partial charge >= 0.3 is 0 Å². The van der Waals surface area contributed by atoms with Gasteiger partial charge in [-0.15, -0.1) is 0 Å². The molecule has 2 heterocycles. The van der Waals surface area contributed by atoms with Gasteiger partial charge in [-0.2, -0.15) is 0 Å². The Hall–Kier alpha value is -2.34. The number of carbonyl (C=O) groups excluding carboxylic acids is 1. The Morgan fingerprint density at radius 3 is 3.14 bits per heavy atom. The zero-order chi connectivity index (χ0) is 14.7. The number of nitrogens with zero attached hydrogens (tertiary/aromatic N) is 1. The van der Waals surface area contributed by atoms with Crippen molar-refractivity contribution in [2.75, 3.05) is 20.3 Å². The molecule has 0 fully saturated rings. The zero-order valence-electron chi connectivity index (χ0n) is 11.7. The lowest BCUT2D eigenvalue weighted by Gasteiger charge is -2.15. The van der Waals surface area contributed by atoms with Gasteiger partial charge in [-0.1, -0.05) is 17.3 Å². The third-order valence-electron chi connectivity index (χ3n) is 3.32. The van der Waals surface area contributed by atoms with Crippen molar-refractivity contribution in [3.05, 3.63) is 35.5 Å². The van der Waals surface area contributed by atoms with Crippen LogP contribution in [0.25, 0.3) is 11.3 Å². The second-order valence-corrected chi connectivity index (χ2v) is 4.73. The summed E-state index contributed by atoms with van der Waals surface area (Å²) in [6.07, 6.45) is 0.752. The number of fused-ring (bicyclic) bond motifs is 3. The summed E-state index contributed by atoms with van der Waals surface area (Å²) in [6, 6.07) is 7.54. The normalized spacial score (nSPS) is 12.2. The van der Waals surface area contributed by atoms with E-state index in [1.165, 1.54) is 0 Å². The number of ether oxygens (including phenoxy) is 2. The molecule has 1 aromatic heterocycles. The van der Waals surface area contributed by atoms with Gasteiger partial charge in [0.1, 0.15) is 12.4 Å². The number of carbonyl (C=O) groups is 1. The van der Waals surface area contributed by atoms with E-state index in [1.807, 2.05) is 24.3 Å². The Morgan fingerprint density at radius 1 is 1.43 bits per heavy atom. The van der Waals surface area contributed by atoms with Crippen molar-refractivity contribution in [1.29, 1.82) is 0 Å². The first kappa shape index (κ1) is 13.6. The van der Waals surface area contributed by atoms with Gasteiger partial charge < -0.3 is 19.3 Å². The molecule has 1 aliphatic rings.